The number of fused-ring (bicyclic) bond motifs is 1. The molecule has 0 spiro atoms. The zero-order valence-corrected chi connectivity index (χ0v) is 17.8. The number of nitrogens with zero attached hydrogens (tertiary/aromatic N) is 2. The van der Waals surface area contributed by atoms with Crippen molar-refractivity contribution < 1.29 is 13.2 Å². The molecule has 1 fully saturated rings. The summed E-state index contributed by atoms with van der Waals surface area (Å²) in [6.07, 6.45) is 5.87. The van der Waals surface area contributed by atoms with E-state index >= 15 is 0 Å². The van der Waals surface area contributed by atoms with Gasteiger partial charge in [0.15, 0.2) is 0 Å². The highest BCUT2D eigenvalue weighted by Gasteiger charge is 2.27. The molecule has 0 bridgehead atoms. The summed E-state index contributed by atoms with van der Waals surface area (Å²) in [6, 6.07) is 11.9. The van der Waals surface area contributed by atoms with Crippen LogP contribution < -0.4 is 9.64 Å². The van der Waals surface area contributed by atoms with Crippen LogP contribution in [0.5, 0.6) is 5.75 Å². The largest absolute Gasteiger partial charge is 0.497 e. The fourth-order valence-corrected chi connectivity index (χ4v) is 5.38. The van der Waals surface area contributed by atoms with Crippen molar-refractivity contribution in [2.24, 2.45) is 0 Å². The van der Waals surface area contributed by atoms with Gasteiger partial charge in [0.25, 0.3) is 0 Å². The molecule has 4 rings (SSSR count). The summed E-state index contributed by atoms with van der Waals surface area (Å²) >= 11 is 5.96. The number of methoxy groups -OCH3 is 1. The van der Waals surface area contributed by atoms with Gasteiger partial charge in [-0.1, -0.05) is 24.4 Å². The van der Waals surface area contributed by atoms with Crippen LogP contribution in [-0.2, 0) is 9.84 Å². The van der Waals surface area contributed by atoms with E-state index in [0.29, 0.717) is 16.5 Å². The van der Waals surface area contributed by atoms with Gasteiger partial charge in [-0.05, 0) is 55.3 Å². The number of sulfone groups is 1. The first-order valence-corrected chi connectivity index (χ1v) is 11.6. The van der Waals surface area contributed by atoms with E-state index in [0.717, 1.165) is 49.7 Å². The van der Waals surface area contributed by atoms with Crippen molar-refractivity contribution in [1.29, 1.82) is 0 Å². The van der Waals surface area contributed by atoms with Crippen LogP contribution in [0.3, 0.4) is 0 Å². The highest BCUT2D eigenvalue weighted by atomic mass is 35.5. The zero-order valence-electron chi connectivity index (χ0n) is 16.3. The van der Waals surface area contributed by atoms with Crippen LogP contribution in [0.2, 0.25) is 5.02 Å². The molecule has 1 aromatic heterocycles. The Morgan fingerprint density at radius 2 is 1.69 bits per heavy atom. The van der Waals surface area contributed by atoms with Crippen LogP contribution in [-0.4, -0.2) is 33.6 Å². The maximum absolute atomic E-state index is 13.6. The van der Waals surface area contributed by atoms with E-state index in [4.69, 9.17) is 16.3 Å². The van der Waals surface area contributed by atoms with Crippen LogP contribution in [0.15, 0.2) is 58.5 Å². The zero-order chi connectivity index (χ0) is 20.4. The van der Waals surface area contributed by atoms with Crippen LogP contribution in [0.25, 0.3) is 10.9 Å². The molecule has 1 saturated heterocycles. The van der Waals surface area contributed by atoms with Gasteiger partial charge in [-0.2, -0.15) is 0 Å². The minimum Gasteiger partial charge on any atom is -0.497 e. The molecule has 7 heteroatoms. The number of aromatic nitrogens is 1. The quantitative estimate of drug-likeness (QED) is 0.575. The Morgan fingerprint density at radius 3 is 2.34 bits per heavy atom. The second kappa shape index (κ2) is 8.20. The summed E-state index contributed by atoms with van der Waals surface area (Å²) in [7, 11) is -2.16. The molecule has 0 unspecified atom stereocenters. The number of pyridine rings is 1. The summed E-state index contributed by atoms with van der Waals surface area (Å²) < 4.78 is 32.5. The maximum Gasteiger partial charge on any atom is 0.210 e. The van der Waals surface area contributed by atoms with Crippen LogP contribution in [0.1, 0.15) is 25.7 Å². The molecule has 1 aliphatic heterocycles. The van der Waals surface area contributed by atoms with E-state index in [1.165, 1.54) is 6.20 Å². The molecule has 0 radical (unpaired) electrons. The fourth-order valence-electron chi connectivity index (χ4n) is 3.82. The van der Waals surface area contributed by atoms with Crippen molar-refractivity contribution in [2.75, 3.05) is 25.1 Å². The summed E-state index contributed by atoms with van der Waals surface area (Å²) in [6.45, 7) is 1.64. The van der Waals surface area contributed by atoms with E-state index in [1.807, 2.05) is 18.2 Å². The van der Waals surface area contributed by atoms with Gasteiger partial charge in [0, 0.05) is 29.7 Å². The molecule has 1 aliphatic rings. The minimum absolute atomic E-state index is 0.210. The first kappa shape index (κ1) is 20.0. The molecular weight excluding hydrogens is 408 g/mol. The third kappa shape index (κ3) is 3.91. The predicted molar refractivity (Wildman–Crippen MR) is 116 cm³/mol. The lowest BCUT2D eigenvalue weighted by atomic mass is 10.1. The van der Waals surface area contributed by atoms with Crippen LogP contribution in [0, 0.1) is 0 Å². The second-order valence-corrected chi connectivity index (χ2v) is 9.57. The molecule has 2 heterocycles. The summed E-state index contributed by atoms with van der Waals surface area (Å²) in [5, 5.41) is 1.29. The standard InChI is InChI=1S/C22H23ClN2O3S/c1-28-17-8-11-20-19(14-17)22(25-12-4-2-3-5-13-25)21(15-24-20)29(26,27)18-9-6-16(23)7-10-18/h6-11,14-15H,2-5,12-13H2,1H3. The monoisotopic (exact) mass is 430 g/mol. The second-order valence-electron chi connectivity index (χ2n) is 7.21. The summed E-state index contributed by atoms with van der Waals surface area (Å²) in [4.78, 5) is 7.09. The number of anilines is 1. The summed E-state index contributed by atoms with van der Waals surface area (Å²) in [5.41, 5.74) is 1.46. The normalized spacial score (nSPS) is 15.3. The number of benzene rings is 2. The Hall–Kier alpha value is -2.31. The van der Waals surface area contributed by atoms with Crippen molar-refractivity contribution in [1.82, 2.24) is 4.98 Å². The van der Waals surface area contributed by atoms with E-state index in [-0.39, 0.29) is 9.79 Å². The predicted octanol–water partition coefficient (Wildman–Crippen LogP) is 5.11. The Bertz CT molecular complexity index is 1120. The lowest BCUT2D eigenvalue weighted by Crippen LogP contribution is -2.26. The lowest BCUT2D eigenvalue weighted by Gasteiger charge is -2.27. The first-order chi connectivity index (χ1) is 14.0. The smallest absolute Gasteiger partial charge is 0.210 e. The van der Waals surface area contributed by atoms with Gasteiger partial charge in [0.05, 0.1) is 23.2 Å². The average molecular weight is 431 g/mol. The van der Waals surface area contributed by atoms with Gasteiger partial charge in [-0.3, -0.25) is 4.98 Å². The Balaban J connectivity index is 1.97. The van der Waals surface area contributed by atoms with Gasteiger partial charge >= 0.3 is 0 Å². The highest BCUT2D eigenvalue weighted by molar-refractivity contribution is 7.91. The van der Waals surface area contributed by atoms with Gasteiger partial charge in [0.1, 0.15) is 10.6 Å². The molecule has 29 heavy (non-hydrogen) atoms. The molecule has 2 aromatic carbocycles. The van der Waals surface area contributed by atoms with Crippen molar-refractivity contribution in [2.45, 2.75) is 35.5 Å². The molecule has 0 aliphatic carbocycles. The van der Waals surface area contributed by atoms with Gasteiger partial charge in [-0.15, -0.1) is 0 Å². The first-order valence-electron chi connectivity index (χ1n) is 9.73. The number of ether oxygens (including phenoxy) is 1. The van der Waals surface area contributed by atoms with E-state index in [1.54, 1.807) is 31.4 Å². The SMILES string of the molecule is COc1ccc2ncc(S(=O)(=O)c3ccc(Cl)cc3)c(N3CCCCCC3)c2c1. The highest BCUT2D eigenvalue weighted by Crippen LogP contribution is 2.38. The van der Waals surface area contributed by atoms with Crippen molar-refractivity contribution in [3.05, 3.63) is 53.7 Å². The topological polar surface area (TPSA) is 59.5 Å². The van der Waals surface area contributed by atoms with Crippen molar-refractivity contribution in [3.8, 4) is 5.75 Å². The molecule has 0 N–H and O–H groups in total. The number of rotatable bonds is 4. The van der Waals surface area contributed by atoms with Gasteiger partial charge < -0.3 is 9.64 Å². The van der Waals surface area contributed by atoms with Crippen LogP contribution >= 0.6 is 11.6 Å². The summed E-state index contributed by atoms with van der Waals surface area (Å²) in [5.74, 6) is 0.677. The number of hydrogen-bond acceptors (Lipinski definition) is 5. The van der Waals surface area contributed by atoms with Gasteiger partial charge in [0.2, 0.25) is 9.84 Å². The van der Waals surface area contributed by atoms with Gasteiger partial charge in [-0.25, -0.2) is 8.42 Å². The lowest BCUT2D eigenvalue weighted by molar-refractivity contribution is 0.415. The van der Waals surface area contributed by atoms with Crippen LogP contribution in [0.4, 0.5) is 5.69 Å². The van der Waals surface area contributed by atoms with E-state index < -0.39 is 9.84 Å². The fraction of sp³-hybridized carbons (Fsp3) is 0.318. The molecule has 5 nitrogen and oxygen atoms in total. The Morgan fingerprint density at radius 1 is 1.00 bits per heavy atom. The molecular formula is C22H23ClN2O3S. The number of halogens is 1. The maximum atomic E-state index is 13.6. The Kier molecular flexibility index (Phi) is 5.65. The molecule has 0 atom stereocenters. The average Bonchev–Trinajstić information content (AvgIpc) is 3.02. The minimum atomic E-state index is -3.76. The molecule has 152 valence electrons. The third-order valence-electron chi connectivity index (χ3n) is 5.35. The molecule has 0 amide bonds. The number of hydrogen-bond donors (Lipinski definition) is 0. The van der Waals surface area contributed by atoms with E-state index in [2.05, 4.69) is 9.88 Å². The third-order valence-corrected chi connectivity index (χ3v) is 7.37. The van der Waals surface area contributed by atoms with E-state index in [9.17, 15) is 8.42 Å². The molecule has 0 saturated carbocycles. The van der Waals surface area contributed by atoms with Crippen molar-refractivity contribution >= 4 is 38.0 Å². The van der Waals surface area contributed by atoms with Crippen molar-refractivity contribution in [3.63, 3.8) is 0 Å². The molecule has 3 aromatic rings. The Labute approximate surface area is 176 Å².